The molecule has 0 fully saturated rings. The molecule has 4 nitrogen and oxygen atoms in total. The second-order valence-corrected chi connectivity index (χ2v) is 5.20. The van der Waals surface area contributed by atoms with Gasteiger partial charge in [0, 0.05) is 11.4 Å². The van der Waals surface area contributed by atoms with Gasteiger partial charge in [-0.05, 0) is 48.2 Å². The summed E-state index contributed by atoms with van der Waals surface area (Å²) in [7, 11) is 1.61. The van der Waals surface area contributed by atoms with Crippen LogP contribution < -0.4 is 15.4 Å². The number of para-hydroxylation sites is 1. The van der Waals surface area contributed by atoms with Crippen molar-refractivity contribution in [2.45, 2.75) is 26.2 Å². The third-order valence-electron chi connectivity index (χ3n) is 3.70. The lowest BCUT2D eigenvalue weighted by Crippen LogP contribution is -2.20. The van der Waals surface area contributed by atoms with Gasteiger partial charge < -0.3 is 15.4 Å². The van der Waals surface area contributed by atoms with Crippen molar-refractivity contribution in [3.05, 3.63) is 54.1 Å². The predicted molar refractivity (Wildman–Crippen MR) is 90.8 cm³/mol. The summed E-state index contributed by atoms with van der Waals surface area (Å²) in [4.78, 5) is 12.1. The standard InChI is InChI=1S/C18H22N2O2/c1-4-13(2)16-7-5-6-8-17(16)20-18(21)19-14-9-11-15(22-3)12-10-14/h5-13H,4H2,1-3H3,(H2,19,20,21). The zero-order valence-electron chi connectivity index (χ0n) is 13.2. The molecule has 0 saturated carbocycles. The van der Waals surface area contributed by atoms with Gasteiger partial charge in [-0.1, -0.05) is 32.0 Å². The fourth-order valence-electron chi connectivity index (χ4n) is 2.22. The van der Waals surface area contributed by atoms with Crippen LogP contribution >= 0.6 is 0 Å². The molecule has 2 aromatic rings. The van der Waals surface area contributed by atoms with Crippen molar-refractivity contribution in [2.24, 2.45) is 0 Å². The third-order valence-corrected chi connectivity index (χ3v) is 3.70. The van der Waals surface area contributed by atoms with Crippen LogP contribution in [-0.4, -0.2) is 13.1 Å². The van der Waals surface area contributed by atoms with E-state index in [9.17, 15) is 4.79 Å². The van der Waals surface area contributed by atoms with Gasteiger partial charge in [0.2, 0.25) is 0 Å². The van der Waals surface area contributed by atoms with Crippen LogP contribution in [0.1, 0.15) is 31.7 Å². The Morgan fingerprint density at radius 2 is 1.77 bits per heavy atom. The van der Waals surface area contributed by atoms with Gasteiger partial charge in [0.15, 0.2) is 0 Å². The van der Waals surface area contributed by atoms with Crippen molar-refractivity contribution in [3.63, 3.8) is 0 Å². The summed E-state index contributed by atoms with van der Waals surface area (Å²) in [6.07, 6.45) is 1.03. The minimum atomic E-state index is -0.249. The SMILES string of the molecule is CCC(C)c1ccccc1NC(=O)Nc1ccc(OC)cc1. The van der Waals surface area contributed by atoms with Crippen molar-refractivity contribution >= 4 is 17.4 Å². The Labute approximate surface area is 131 Å². The average Bonchev–Trinajstić information content (AvgIpc) is 2.55. The maximum absolute atomic E-state index is 12.1. The number of benzene rings is 2. The molecule has 2 rings (SSSR count). The highest BCUT2D eigenvalue weighted by molar-refractivity contribution is 6.00. The first-order chi connectivity index (χ1) is 10.6. The Hall–Kier alpha value is -2.49. The Bertz CT molecular complexity index is 623. The van der Waals surface area contributed by atoms with Gasteiger partial charge in [-0.25, -0.2) is 4.79 Å². The minimum absolute atomic E-state index is 0.249. The van der Waals surface area contributed by atoms with Gasteiger partial charge in [0.1, 0.15) is 5.75 Å². The van der Waals surface area contributed by atoms with Crippen molar-refractivity contribution in [3.8, 4) is 5.75 Å². The number of carbonyl (C=O) groups excluding carboxylic acids is 1. The first-order valence-corrected chi connectivity index (χ1v) is 7.45. The molecule has 116 valence electrons. The number of ether oxygens (including phenoxy) is 1. The van der Waals surface area contributed by atoms with E-state index in [1.807, 2.05) is 30.3 Å². The molecule has 0 heterocycles. The Morgan fingerprint density at radius 1 is 1.09 bits per heavy atom. The van der Waals surface area contributed by atoms with E-state index in [0.717, 1.165) is 29.1 Å². The van der Waals surface area contributed by atoms with E-state index < -0.39 is 0 Å². The predicted octanol–water partition coefficient (Wildman–Crippen LogP) is 4.85. The number of amides is 2. The zero-order valence-corrected chi connectivity index (χ0v) is 13.2. The van der Waals surface area contributed by atoms with Crippen molar-refractivity contribution in [2.75, 3.05) is 17.7 Å². The smallest absolute Gasteiger partial charge is 0.323 e. The first kappa shape index (κ1) is 15.9. The van der Waals surface area contributed by atoms with Crippen LogP contribution in [0.4, 0.5) is 16.2 Å². The average molecular weight is 298 g/mol. The monoisotopic (exact) mass is 298 g/mol. The maximum atomic E-state index is 12.1. The number of hydrogen-bond donors (Lipinski definition) is 2. The van der Waals surface area contributed by atoms with Crippen LogP contribution in [0.3, 0.4) is 0 Å². The minimum Gasteiger partial charge on any atom is -0.497 e. The van der Waals surface area contributed by atoms with Crippen LogP contribution in [0.15, 0.2) is 48.5 Å². The number of urea groups is 1. The molecular weight excluding hydrogens is 276 g/mol. The fraction of sp³-hybridized carbons (Fsp3) is 0.278. The summed E-state index contributed by atoms with van der Waals surface area (Å²) in [5.74, 6) is 1.16. The number of hydrogen-bond acceptors (Lipinski definition) is 2. The summed E-state index contributed by atoms with van der Waals surface area (Å²) < 4.78 is 5.10. The zero-order chi connectivity index (χ0) is 15.9. The summed E-state index contributed by atoms with van der Waals surface area (Å²) in [6.45, 7) is 4.29. The molecular formula is C18H22N2O2. The Balaban J connectivity index is 2.05. The van der Waals surface area contributed by atoms with E-state index in [-0.39, 0.29) is 6.03 Å². The third kappa shape index (κ3) is 4.01. The molecule has 0 aromatic heterocycles. The van der Waals surface area contributed by atoms with E-state index in [1.165, 1.54) is 0 Å². The number of anilines is 2. The normalized spacial score (nSPS) is 11.6. The van der Waals surface area contributed by atoms with Gasteiger partial charge in [-0.15, -0.1) is 0 Å². The largest absolute Gasteiger partial charge is 0.497 e. The van der Waals surface area contributed by atoms with E-state index in [0.29, 0.717) is 5.92 Å². The van der Waals surface area contributed by atoms with Crippen LogP contribution in [0.2, 0.25) is 0 Å². The van der Waals surface area contributed by atoms with E-state index in [2.05, 4.69) is 30.5 Å². The number of carbonyl (C=O) groups is 1. The van der Waals surface area contributed by atoms with Crippen molar-refractivity contribution in [1.29, 1.82) is 0 Å². The number of nitrogens with one attached hydrogen (secondary N) is 2. The second kappa shape index (κ2) is 7.50. The first-order valence-electron chi connectivity index (χ1n) is 7.45. The summed E-state index contributed by atoms with van der Waals surface area (Å²) in [6, 6.07) is 14.9. The molecule has 2 aromatic carbocycles. The molecule has 0 saturated heterocycles. The molecule has 4 heteroatoms. The quantitative estimate of drug-likeness (QED) is 0.828. The highest BCUT2D eigenvalue weighted by Crippen LogP contribution is 2.26. The molecule has 22 heavy (non-hydrogen) atoms. The summed E-state index contributed by atoms with van der Waals surface area (Å²) >= 11 is 0. The molecule has 0 spiro atoms. The second-order valence-electron chi connectivity index (χ2n) is 5.20. The van der Waals surface area contributed by atoms with Crippen molar-refractivity contribution < 1.29 is 9.53 Å². The fourth-order valence-corrected chi connectivity index (χ4v) is 2.22. The number of rotatable bonds is 5. The van der Waals surface area contributed by atoms with E-state index >= 15 is 0 Å². The maximum Gasteiger partial charge on any atom is 0.323 e. The highest BCUT2D eigenvalue weighted by atomic mass is 16.5. The summed E-state index contributed by atoms with van der Waals surface area (Å²) in [5.41, 5.74) is 2.72. The summed E-state index contributed by atoms with van der Waals surface area (Å²) in [5, 5.41) is 5.74. The molecule has 2 N–H and O–H groups in total. The van der Waals surface area contributed by atoms with E-state index in [4.69, 9.17) is 4.74 Å². The van der Waals surface area contributed by atoms with Crippen LogP contribution in [-0.2, 0) is 0 Å². The van der Waals surface area contributed by atoms with Gasteiger partial charge >= 0.3 is 6.03 Å². The highest BCUT2D eigenvalue weighted by Gasteiger charge is 2.11. The van der Waals surface area contributed by atoms with Gasteiger partial charge in [-0.3, -0.25) is 0 Å². The van der Waals surface area contributed by atoms with Gasteiger partial charge in [-0.2, -0.15) is 0 Å². The lowest BCUT2D eigenvalue weighted by molar-refractivity contribution is 0.262. The van der Waals surface area contributed by atoms with E-state index in [1.54, 1.807) is 19.2 Å². The van der Waals surface area contributed by atoms with Crippen LogP contribution in [0.5, 0.6) is 5.75 Å². The molecule has 0 aliphatic carbocycles. The molecule has 0 aliphatic heterocycles. The molecule has 0 aliphatic rings. The molecule has 1 unspecified atom stereocenters. The molecule has 0 bridgehead atoms. The lowest BCUT2D eigenvalue weighted by Gasteiger charge is -2.16. The van der Waals surface area contributed by atoms with Crippen molar-refractivity contribution in [1.82, 2.24) is 0 Å². The molecule has 0 radical (unpaired) electrons. The van der Waals surface area contributed by atoms with Gasteiger partial charge in [0.25, 0.3) is 0 Å². The Kier molecular flexibility index (Phi) is 5.42. The lowest BCUT2D eigenvalue weighted by atomic mass is 9.97. The number of methoxy groups -OCH3 is 1. The van der Waals surface area contributed by atoms with Crippen LogP contribution in [0, 0.1) is 0 Å². The topological polar surface area (TPSA) is 50.4 Å². The molecule has 1 atom stereocenters. The van der Waals surface area contributed by atoms with Gasteiger partial charge in [0.05, 0.1) is 7.11 Å². The molecule has 2 amide bonds. The van der Waals surface area contributed by atoms with Crippen LogP contribution in [0.25, 0.3) is 0 Å². The Morgan fingerprint density at radius 3 is 2.41 bits per heavy atom.